The Morgan fingerprint density at radius 2 is 1.89 bits per heavy atom. The zero-order valence-electron chi connectivity index (χ0n) is 15.2. The number of methoxy groups -OCH3 is 1. The van der Waals surface area contributed by atoms with Crippen LogP contribution in [0.4, 0.5) is 5.69 Å². The Morgan fingerprint density at radius 1 is 1.19 bits per heavy atom. The standard InChI is InChI=1S/C20H19N3O4/c1-12-4-5-14(20(25)26)10-18(12)21-11-17-13(2)22-23(19(17)24)15-6-8-16(27-3)9-7-15/h4-11,22H,1-3H3,(H,25,26). The summed E-state index contributed by atoms with van der Waals surface area (Å²) in [4.78, 5) is 28.2. The number of nitrogens with zero attached hydrogens (tertiary/aromatic N) is 2. The SMILES string of the molecule is COc1ccc(-n2[nH]c(C)c(C=Nc3cc(C(=O)O)ccc3C)c2=O)cc1. The molecule has 3 aromatic rings. The van der Waals surface area contributed by atoms with E-state index in [4.69, 9.17) is 9.84 Å². The van der Waals surface area contributed by atoms with Gasteiger partial charge in [-0.05, 0) is 55.8 Å². The summed E-state index contributed by atoms with van der Waals surface area (Å²) in [6.07, 6.45) is 1.46. The molecule has 138 valence electrons. The summed E-state index contributed by atoms with van der Waals surface area (Å²) in [5, 5.41) is 12.1. The van der Waals surface area contributed by atoms with Crippen LogP contribution < -0.4 is 10.3 Å². The van der Waals surface area contributed by atoms with Crippen molar-refractivity contribution in [3.05, 3.63) is 75.2 Å². The van der Waals surface area contributed by atoms with Gasteiger partial charge in [-0.3, -0.25) is 14.9 Å². The number of hydrogen-bond acceptors (Lipinski definition) is 4. The molecule has 3 rings (SSSR count). The Balaban J connectivity index is 1.98. The van der Waals surface area contributed by atoms with Gasteiger partial charge in [-0.25, -0.2) is 9.48 Å². The Labute approximate surface area is 155 Å². The van der Waals surface area contributed by atoms with Crippen LogP contribution in [0.2, 0.25) is 0 Å². The molecule has 0 unspecified atom stereocenters. The van der Waals surface area contributed by atoms with E-state index in [1.807, 2.05) is 6.92 Å². The third kappa shape index (κ3) is 3.67. The quantitative estimate of drug-likeness (QED) is 0.678. The number of aromatic carboxylic acids is 1. The lowest BCUT2D eigenvalue weighted by molar-refractivity contribution is 0.0697. The van der Waals surface area contributed by atoms with Crippen molar-refractivity contribution in [2.24, 2.45) is 4.99 Å². The smallest absolute Gasteiger partial charge is 0.335 e. The first-order valence-electron chi connectivity index (χ1n) is 8.24. The van der Waals surface area contributed by atoms with E-state index in [9.17, 15) is 9.59 Å². The summed E-state index contributed by atoms with van der Waals surface area (Å²) < 4.78 is 6.56. The Morgan fingerprint density at radius 3 is 2.52 bits per heavy atom. The molecule has 2 aromatic carbocycles. The van der Waals surface area contributed by atoms with Crippen LogP contribution in [0.5, 0.6) is 5.75 Å². The van der Waals surface area contributed by atoms with Crippen LogP contribution in [0, 0.1) is 13.8 Å². The van der Waals surface area contributed by atoms with E-state index in [-0.39, 0.29) is 11.1 Å². The summed E-state index contributed by atoms with van der Waals surface area (Å²) in [6, 6.07) is 11.8. The van der Waals surface area contributed by atoms with Gasteiger partial charge in [0.15, 0.2) is 0 Å². The van der Waals surface area contributed by atoms with Gasteiger partial charge in [0.1, 0.15) is 5.75 Å². The molecule has 27 heavy (non-hydrogen) atoms. The largest absolute Gasteiger partial charge is 0.497 e. The molecule has 7 heteroatoms. The summed E-state index contributed by atoms with van der Waals surface area (Å²) in [5.41, 5.74) is 2.97. The van der Waals surface area contributed by atoms with E-state index in [2.05, 4.69) is 10.1 Å². The minimum atomic E-state index is -1.02. The first-order chi connectivity index (χ1) is 12.9. The van der Waals surface area contributed by atoms with Crippen LogP contribution in [-0.4, -0.2) is 34.2 Å². The third-order valence-corrected chi connectivity index (χ3v) is 4.24. The zero-order valence-corrected chi connectivity index (χ0v) is 15.2. The molecule has 0 aliphatic carbocycles. The molecule has 0 amide bonds. The van der Waals surface area contributed by atoms with E-state index >= 15 is 0 Å². The molecule has 0 aliphatic heterocycles. The van der Waals surface area contributed by atoms with E-state index in [0.29, 0.717) is 28.4 Å². The van der Waals surface area contributed by atoms with Gasteiger partial charge in [-0.15, -0.1) is 0 Å². The van der Waals surface area contributed by atoms with Gasteiger partial charge in [0, 0.05) is 11.9 Å². The van der Waals surface area contributed by atoms with Crippen LogP contribution in [0.15, 0.2) is 52.3 Å². The van der Waals surface area contributed by atoms with Crippen molar-refractivity contribution in [2.75, 3.05) is 7.11 Å². The number of rotatable bonds is 5. The summed E-state index contributed by atoms with van der Waals surface area (Å²) in [5.74, 6) is -0.322. The predicted molar refractivity (Wildman–Crippen MR) is 103 cm³/mol. The Kier molecular flexibility index (Phi) is 4.94. The average Bonchev–Trinajstić information content (AvgIpc) is 2.95. The van der Waals surface area contributed by atoms with Crippen molar-refractivity contribution < 1.29 is 14.6 Å². The lowest BCUT2D eigenvalue weighted by atomic mass is 10.1. The van der Waals surface area contributed by atoms with Crippen molar-refractivity contribution in [2.45, 2.75) is 13.8 Å². The number of aryl methyl sites for hydroxylation is 2. The van der Waals surface area contributed by atoms with E-state index in [1.165, 1.54) is 23.0 Å². The highest BCUT2D eigenvalue weighted by Crippen LogP contribution is 2.20. The maximum atomic E-state index is 12.7. The maximum Gasteiger partial charge on any atom is 0.335 e. The summed E-state index contributed by atoms with van der Waals surface area (Å²) in [7, 11) is 1.58. The Hall–Kier alpha value is -3.61. The number of carboxylic acid groups (broad SMARTS) is 1. The number of aromatic nitrogens is 2. The lowest BCUT2D eigenvalue weighted by Crippen LogP contribution is -2.17. The molecule has 0 bridgehead atoms. The fourth-order valence-electron chi connectivity index (χ4n) is 2.64. The van der Waals surface area contributed by atoms with Crippen molar-refractivity contribution in [3.63, 3.8) is 0 Å². The number of aliphatic imine (C=N–C) groups is 1. The van der Waals surface area contributed by atoms with Crippen molar-refractivity contribution in [1.29, 1.82) is 0 Å². The second-order valence-electron chi connectivity index (χ2n) is 6.05. The average molecular weight is 365 g/mol. The number of carboxylic acids is 1. The first kappa shape index (κ1) is 18.2. The number of carbonyl (C=O) groups is 1. The van der Waals surface area contributed by atoms with Crippen molar-refractivity contribution in [1.82, 2.24) is 9.78 Å². The molecule has 0 radical (unpaired) electrons. The van der Waals surface area contributed by atoms with Gasteiger partial charge >= 0.3 is 5.97 Å². The van der Waals surface area contributed by atoms with Gasteiger partial charge in [-0.2, -0.15) is 0 Å². The van der Waals surface area contributed by atoms with E-state index in [1.54, 1.807) is 44.4 Å². The highest BCUT2D eigenvalue weighted by Gasteiger charge is 2.11. The zero-order chi connectivity index (χ0) is 19.6. The molecule has 0 atom stereocenters. The number of nitrogens with one attached hydrogen (secondary N) is 1. The second kappa shape index (κ2) is 7.33. The summed E-state index contributed by atoms with van der Waals surface area (Å²) >= 11 is 0. The number of benzene rings is 2. The van der Waals surface area contributed by atoms with Gasteiger partial charge in [0.05, 0.1) is 29.6 Å². The van der Waals surface area contributed by atoms with Crippen LogP contribution >= 0.6 is 0 Å². The van der Waals surface area contributed by atoms with Crippen molar-refractivity contribution in [3.8, 4) is 11.4 Å². The first-order valence-corrected chi connectivity index (χ1v) is 8.24. The highest BCUT2D eigenvalue weighted by atomic mass is 16.5. The van der Waals surface area contributed by atoms with E-state index in [0.717, 1.165) is 5.56 Å². The maximum absolute atomic E-state index is 12.7. The fraction of sp³-hybridized carbons (Fsp3) is 0.150. The molecule has 0 aliphatic rings. The summed E-state index contributed by atoms with van der Waals surface area (Å²) in [6.45, 7) is 3.61. The van der Waals surface area contributed by atoms with Crippen LogP contribution in [0.3, 0.4) is 0 Å². The molecular formula is C20H19N3O4. The second-order valence-corrected chi connectivity index (χ2v) is 6.05. The van der Waals surface area contributed by atoms with Crippen LogP contribution in [-0.2, 0) is 0 Å². The van der Waals surface area contributed by atoms with Crippen LogP contribution in [0.25, 0.3) is 5.69 Å². The van der Waals surface area contributed by atoms with Gasteiger partial charge in [0.25, 0.3) is 5.56 Å². The Bertz CT molecular complexity index is 1080. The molecular weight excluding hydrogens is 346 g/mol. The lowest BCUT2D eigenvalue weighted by Gasteiger charge is -2.03. The molecule has 1 aromatic heterocycles. The third-order valence-electron chi connectivity index (χ3n) is 4.24. The number of ether oxygens (including phenoxy) is 1. The normalized spacial score (nSPS) is 11.1. The molecule has 0 spiro atoms. The molecule has 0 saturated carbocycles. The van der Waals surface area contributed by atoms with Gasteiger partial charge in [0.2, 0.25) is 0 Å². The molecule has 0 saturated heterocycles. The van der Waals surface area contributed by atoms with Gasteiger partial charge < -0.3 is 9.84 Å². The van der Waals surface area contributed by atoms with Gasteiger partial charge in [-0.1, -0.05) is 6.07 Å². The minimum absolute atomic E-state index is 0.147. The molecule has 2 N–H and O–H groups in total. The number of hydrogen-bond donors (Lipinski definition) is 2. The van der Waals surface area contributed by atoms with E-state index < -0.39 is 5.97 Å². The fourth-order valence-corrected chi connectivity index (χ4v) is 2.64. The minimum Gasteiger partial charge on any atom is -0.497 e. The topological polar surface area (TPSA) is 96.7 Å². The predicted octanol–water partition coefficient (Wildman–Crippen LogP) is 3.24. The number of H-pyrrole nitrogens is 1. The molecule has 7 nitrogen and oxygen atoms in total. The van der Waals surface area contributed by atoms with Crippen molar-refractivity contribution >= 4 is 17.9 Å². The monoisotopic (exact) mass is 365 g/mol. The molecule has 1 heterocycles. The molecule has 0 fully saturated rings. The van der Waals surface area contributed by atoms with Crippen LogP contribution in [0.1, 0.15) is 27.2 Å². The highest BCUT2D eigenvalue weighted by molar-refractivity contribution is 5.90. The number of aromatic amines is 1.